The third-order valence-corrected chi connectivity index (χ3v) is 4.23. The average molecular weight is 294 g/mol. The molecule has 1 unspecified atom stereocenters. The summed E-state index contributed by atoms with van der Waals surface area (Å²) in [7, 11) is 0. The van der Waals surface area contributed by atoms with Gasteiger partial charge >= 0.3 is 5.97 Å². The minimum atomic E-state index is -1.22. The van der Waals surface area contributed by atoms with E-state index in [2.05, 4.69) is 0 Å². The zero-order valence-electron chi connectivity index (χ0n) is 9.08. The van der Waals surface area contributed by atoms with Crippen molar-refractivity contribution in [3.05, 3.63) is 34.3 Å². The maximum absolute atomic E-state index is 11.0. The highest BCUT2D eigenvalue weighted by molar-refractivity contribution is 6.53. The van der Waals surface area contributed by atoms with Crippen molar-refractivity contribution in [1.29, 1.82) is 0 Å². The molecule has 92 valence electrons. The van der Waals surface area contributed by atoms with Gasteiger partial charge in [0.15, 0.2) is 0 Å². The van der Waals surface area contributed by atoms with Gasteiger partial charge in [-0.25, -0.2) is 0 Å². The molecule has 17 heavy (non-hydrogen) atoms. The fourth-order valence-electron chi connectivity index (χ4n) is 2.11. The van der Waals surface area contributed by atoms with Crippen LogP contribution in [0.5, 0.6) is 0 Å². The molecule has 0 amide bonds. The minimum Gasteiger partial charge on any atom is -0.481 e. The molecule has 0 radical (unpaired) electrons. The van der Waals surface area contributed by atoms with E-state index in [4.69, 9.17) is 39.9 Å². The van der Waals surface area contributed by atoms with Crippen molar-refractivity contribution in [2.45, 2.75) is 23.6 Å². The van der Waals surface area contributed by atoms with E-state index < -0.39 is 16.2 Å². The van der Waals surface area contributed by atoms with E-state index in [1.165, 1.54) is 0 Å². The lowest BCUT2D eigenvalue weighted by Crippen LogP contribution is -2.03. The fraction of sp³-hybridized carbons (Fsp3) is 0.417. The van der Waals surface area contributed by atoms with Crippen LogP contribution in [-0.4, -0.2) is 15.4 Å². The predicted molar refractivity (Wildman–Crippen MR) is 69.1 cm³/mol. The van der Waals surface area contributed by atoms with E-state index in [1.807, 2.05) is 19.1 Å². The van der Waals surface area contributed by atoms with Gasteiger partial charge in [0.2, 0.25) is 0 Å². The van der Waals surface area contributed by atoms with Gasteiger partial charge in [0.1, 0.15) is 4.33 Å². The third-order valence-electron chi connectivity index (χ3n) is 3.07. The van der Waals surface area contributed by atoms with Crippen LogP contribution in [0.25, 0.3) is 0 Å². The van der Waals surface area contributed by atoms with Gasteiger partial charge in [0.25, 0.3) is 0 Å². The molecule has 1 fully saturated rings. The molecule has 1 aliphatic carbocycles. The molecule has 1 saturated carbocycles. The number of rotatable bonds is 3. The topological polar surface area (TPSA) is 37.3 Å². The second-order valence-corrected chi connectivity index (χ2v) is 6.10. The smallest absolute Gasteiger partial charge is 0.310 e. The van der Waals surface area contributed by atoms with Crippen molar-refractivity contribution in [3.8, 4) is 0 Å². The normalized spacial score (nSPS) is 25.6. The van der Waals surface area contributed by atoms with Gasteiger partial charge in [0.05, 0.1) is 5.92 Å². The maximum atomic E-state index is 11.0. The first-order chi connectivity index (χ1) is 7.87. The van der Waals surface area contributed by atoms with Crippen LogP contribution in [0, 0.1) is 5.92 Å². The van der Waals surface area contributed by atoms with Crippen LogP contribution in [0.1, 0.15) is 24.0 Å². The molecule has 2 rings (SSSR count). The summed E-state index contributed by atoms with van der Waals surface area (Å²) >= 11 is 18.0. The van der Waals surface area contributed by atoms with Crippen molar-refractivity contribution < 1.29 is 9.90 Å². The van der Waals surface area contributed by atoms with E-state index in [-0.39, 0.29) is 5.92 Å². The Bertz CT molecular complexity index is 471. The first-order valence-corrected chi connectivity index (χ1v) is 6.41. The van der Waals surface area contributed by atoms with Crippen molar-refractivity contribution in [3.63, 3.8) is 0 Å². The Morgan fingerprint density at radius 3 is 2.53 bits per heavy atom. The van der Waals surface area contributed by atoms with Gasteiger partial charge in [-0.15, -0.1) is 0 Å². The molecule has 2 nitrogen and oxygen atoms in total. The van der Waals surface area contributed by atoms with Crippen molar-refractivity contribution in [2.24, 2.45) is 5.92 Å². The number of halogens is 3. The highest BCUT2D eigenvalue weighted by atomic mass is 35.5. The average Bonchev–Trinajstić information content (AvgIpc) is 2.80. The second-order valence-electron chi connectivity index (χ2n) is 4.21. The number of hydrogen-bond donors (Lipinski definition) is 1. The largest absolute Gasteiger partial charge is 0.481 e. The van der Waals surface area contributed by atoms with Crippen LogP contribution in [0.15, 0.2) is 18.2 Å². The summed E-state index contributed by atoms with van der Waals surface area (Å²) in [4.78, 5) is 11.0. The highest BCUT2D eigenvalue weighted by Crippen LogP contribution is 2.65. The first kappa shape index (κ1) is 13.0. The van der Waals surface area contributed by atoms with Crippen molar-refractivity contribution >= 4 is 40.8 Å². The lowest BCUT2D eigenvalue weighted by Gasteiger charge is -2.05. The summed E-state index contributed by atoms with van der Waals surface area (Å²) in [5.74, 6) is -2.11. The van der Waals surface area contributed by atoms with Crippen LogP contribution >= 0.6 is 34.8 Å². The summed E-state index contributed by atoms with van der Waals surface area (Å²) in [6, 6.07) is 5.50. The Kier molecular flexibility index (Phi) is 3.32. The molecular formula is C12H11Cl3O2. The molecule has 0 heterocycles. The van der Waals surface area contributed by atoms with Crippen LogP contribution in [0.3, 0.4) is 0 Å². The lowest BCUT2D eigenvalue weighted by molar-refractivity contribution is -0.138. The standard InChI is InChI=1S/C12H11Cl3O2/c1-2-6-3-7(5-8(13)4-6)9-10(11(16)17)12(9,14)15/h3-5,9-10H,2H2,1H3,(H,16,17)/t9?,10-/m0/s1. The third kappa shape index (κ3) is 2.26. The minimum absolute atomic E-state index is 0.382. The molecule has 0 spiro atoms. The molecule has 0 bridgehead atoms. The number of hydrogen-bond acceptors (Lipinski definition) is 1. The number of carbonyl (C=O) groups is 1. The molecular weight excluding hydrogens is 282 g/mol. The molecule has 0 aromatic heterocycles. The summed E-state index contributed by atoms with van der Waals surface area (Å²) in [6.45, 7) is 2.01. The van der Waals surface area contributed by atoms with E-state index in [0.29, 0.717) is 5.02 Å². The van der Waals surface area contributed by atoms with E-state index in [0.717, 1.165) is 17.5 Å². The number of carboxylic acids is 1. The Balaban J connectivity index is 2.36. The molecule has 1 N–H and O–H groups in total. The predicted octanol–water partition coefficient (Wildman–Crippen LogP) is 3.87. The molecule has 5 heteroatoms. The van der Waals surface area contributed by atoms with Gasteiger partial charge in [-0.05, 0) is 29.7 Å². The Morgan fingerprint density at radius 1 is 1.41 bits per heavy atom. The van der Waals surface area contributed by atoms with Crippen molar-refractivity contribution in [2.75, 3.05) is 0 Å². The monoisotopic (exact) mass is 292 g/mol. The quantitative estimate of drug-likeness (QED) is 0.859. The zero-order valence-corrected chi connectivity index (χ0v) is 11.4. The van der Waals surface area contributed by atoms with Crippen LogP contribution in [0.2, 0.25) is 5.02 Å². The Hall–Kier alpha value is -0.440. The number of benzene rings is 1. The highest BCUT2D eigenvalue weighted by Gasteiger charge is 2.68. The van der Waals surface area contributed by atoms with Crippen LogP contribution in [0.4, 0.5) is 0 Å². The molecule has 1 aromatic carbocycles. The van der Waals surface area contributed by atoms with Gasteiger partial charge in [-0.3, -0.25) is 4.79 Å². The summed E-state index contributed by atoms with van der Waals surface area (Å²) in [5.41, 5.74) is 1.85. The van der Waals surface area contributed by atoms with Gasteiger partial charge in [0, 0.05) is 10.9 Å². The zero-order chi connectivity index (χ0) is 12.8. The fourth-order valence-corrected chi connectivity index (χ4v) is 3.19. The molecule has 0 aliphatic heterocycles. The number of carboxylic acid groups (broad SMARTS) is 1. The van der Waals surface area contributed by atoms with Gasteiger partial charge in [-0.2, -0.15) is 0 Å². The Morgan fingerprint density at radius 2 is 2.06 bits per heavy atom. The molecule has 1 aliphatic rings. The van der Waals surface area contributed by atoms with Gasteiger partial charge < -0.3 is 5.11 Å². The number of aliphatic carboxylic acids is 1. The Labute approximate surface area is 114 Å². The SMILES string of the molecule is CCc1cc(Cl)cc(C2[C@@H](C(=O)O)C2(Cl)Cl)c1. The molecule has 1 aromatic rings. The van der Waals surface area contributed by atoms with E-state index >= 15 is 0 Å². The number of aryl methyl sites for hydroxylation is 1. The summed E-state index contributed by atoms with van der Waals surface area (Å²) in [5, 5.41) is 9.60. The van der Waals surface area contributed by atoms with Crippen LogP contribution in [-0.2, 0) is 11.2 Å². The van der Waals surface area contributed by atoms with Gasteiger partial charge in [-0.1, -0.05) is 47.8 Å². The van der Waals surface area contributed by atoms with E-state index in [9.17, 15) is 4.79 Å². The molecule has 0 saturated heterocycles. The summed E-state index contributed by atoms with van der Waals surface area (Å²) in [6.07, 6.45) is 0.829. The summed E-state index contributed by atoms with van der Waals surface area (Å²) < 4.78 is -1.22. The lowest BCUT2D eigenvalue weighted by atomic mass is 10.0. The van der Waals surface area contributed by atoms with Crippen LogP contribution < -0.4 is 0 Å². The van der Waals surface area contributed by atoms with Crippen molar-refractivity contribution in [1.82, 2.24) is 0 Å². The maximum Gasteiger partial charge on any atom is 0.310 e. The first-order valence-electron chi connectivity index (χ1n) is 5.28. The van der Waals surface area contributed by atoms with E-state index in [1.54, 1.807) is 6.07 Å². The number of alkyl halides is 2. The molecule has 2 atom stereocenters. The second kappa shape index (κ2) is 4.34.